The van der Waals surface area contributed by atoms with Gasteiger partial charge < -0.3 is 10.4 Å². The molecule has 0 fully saturated rings. The Morgan fingerprint density at radius 3 is 2.89 bits per heavy atom. The zero-order valence-electron chi connectivity index (χ0n) is 10.1. The van der Waals surface area contributed by atoms with Crippen LogP contribution >= 0.6 is 0 Å². The summed E-state index contributed by atoms with van der Waals surface area (Å²) < 4.78 is 0. The van der Waals surface area contributed by atoms with Gasteiger partial charge in [-0.1, -0.05) is 18.2 Å². The lowest BCUT2D eigenvalue weighted by atomic mass is 10.1. The number of benzene rings is 1. The van der Waals surface area contributed by atoms with Crippen molar-refractivity contribution < 1.29 is 5.11 Å². The number of nitriles is 1. The van der Waals surface area contributed by atoms with Crippen LogP contribution in [0, 0.1) is 11.3 Å². The fourth-order valence-corrected chi connectivity index (χ4v) is 1.81. The van der Waals surface area contributed by atoms with Gasteiger partial charge in [-0.15, -0.1) is 0 Å². The molecule has 0 atom stereocenters. The van der Waals surface area contributed by atoms with Crippen molar-refractivity contribution in [1.29, 1.82) is 5.26 Å². The first-order chi connectivity index (χ1) is 8.85. The standard InChI is InChI=1S/C14H15N3O/c15-10-11-9-14(16-7-3-4-8-18)17-13-6-2-1-5-12(11)13/h1-2,5-6,9,18H,3-4,7-8H2,(H,16,17). The van der Waals surface area contributed by atoms with Crippen LogP contribution in [0.1, 0.15) is 18.4 Å². The van der Waals surface area contributed by atoms with Crippen LogP contribution in [0.5, 0.6) is 0 Å². The molecule has 0 bridgehead atoms. The average molecular weight is 241 g/mol. The smallest absolute Gasteiger partial charge is 0.127 e. The average Bonchev–Trinajstić information content (AvgIpc) is 2.42. The number of hydrogen-bond donors (Lipinski definition) is 2. The second-order valence-corrected chi connectivity index (χ2v) is 4.04. The molecule has 18 heavy (non-hydrogen) atoms. The topological polar surface area (TPSA) is 68.9 Å². The van der Waals surface area contributed by atoms with E-state index in [0.717, 1.165) is 30.3 Å². The molecule has 92 valence electrons. The lowest BCUT2D eigenvalue weighted by Crippen LogP contribution is -2.04. The van der Waals surface area contributed by atoms with Crippen LogP contribution in [0.2, 0.25) is 0 Å². The molecule has 4 nitrogen and oxygen atoms in total. The van der Waals surface area contributed by atoms with Gasteiger partial charge in [-0.25, -0.2) is 4.98 Å². The number of para-hydroxylation sites is 1. The Bertz CT molecular complexity index is 575. The third-order valence-corrected chi connectivity index (χ3v) is 2.73. The van der Waals surface area contributed by atoms with Crippen LogP contribution in [0.3, 0.4) is 0 Å². The Morgan fingerprint density at radius 1 is 1.28 bits per heavy atom. The maximum Gasteiger partial charge on any atom is 0.127 e. The molecule has 0 spiro atoms. The number of aliphatic hydroxyl groups excluding tert-OH is 1. The Morgan fingerprint density at radius 2 is 2.11 bits per heavy atom. The second kappa shape index (κ2) is 5.99. The Kier molecular flexibility index (Phi) is 4.11. The quantitative estimate of drug-likeness (QED) is 0.788. The van der Waals surface area contributed by atoms with Crippen molar-refractivity contribution in [3.63, 3.8) is 0 Å². The molecule has 0 saturated carbocycles. The van der Waals surface area contributed by atoms with Crippen LogP contribution in [-0.2, 0) is 0 Å². The van der Waals surface area contributed by atoms with E-state index in [9.17, 15) is 0 Å². The van der Waals surface area contributed by atoms with Gasteiger partial charge in [-0.2, -0.15) is 5.26 Å². The molecular formula is C14H15N3O. The van der Waals surface area contributed by atoms with Crippen molar-refractivity contribution in [3.05, 3.63) is 35.9 Å². The molecule has 1 aromatic carbocycles. The van der Waals surface area contributed by atoms with E-state index in [2.05, 4.69) is 16.4 Å². The SMILES string of the molecule is N#Cc1cc(NCCCCO)nc2ccccc12. The maximum absolute atomic E-state index is 9.13. The molecule has 1 aromatic heterocycles. The van der Waals surface area contributed by atoms with Crippen molar-refractivity contribution in [3.8, 4) is 6.07 Å². The van der Waals surface area contributed by atoms with Gasteiger partial charge in [-0.3, -0.25) is 0 Å². The van der Waals surface area contributed by atoms with Gasteiger partial charge in [0.05, 0.1) is 17.1 Å². The number of fused-ring (bicyclic) bond motifs is 1. The first-order valence-electron chi connectivity index (χ1n) is 6.00. The largest absolute Gasteiger partial charge is 0.396 e. The fourth-order valence-electron chi connectivity index (χ4n) is 1.81. The summed E-state index contributed by atoms with van der Waals surface area (Å²) in [6, 6.07) is 11.6. The minimum atomic E-state index is 0.205. The number of aromatic nitrogens is 1. The fraction of sp³-hybridized carbons (Fsp3) is 0.286. The summed E-state index contributed by atoms with van der Waals surface area (Å²) in [6.45, 7) is 0.951. The van der Waals surface area contributed by atoms with Gasteiger partial charge in [0.1, 0.15) is 5.82 Å². The van der Waals surface area contributed by atoms with E-state index in [0.29, 0.717) is 11.4 Å². The minimum Gasteiger partial charge on any atom is -0.396 e. The Labute approximate surface area is 106 Å². The van der Waals surface area contributed by atoms with Crippen LogP contribution in [-0.4, -0.2) is 23.2 Å². The van der Waals surface area contributed by atoms with Gasteiger partial charge >= 0.3 is 0 Å². The number of unbranched alkanes of at least 4 members (excludes halogenated alkanes) is 1. The number of nitrogens with zero attached hydrogens (tertiary/aromatic N) is 2. The zero-order chi connectivity index (χ0) is 12.8. The van der Waals surface area contributed by atoms with E-state index in [4.69, 9.17) is 10.4 Å². The highest BCUT2D eigenvalue weighted by atomic mass is 16.2. The number of aliphatic hydroxyl groups is 1. The summed E-state index contributed by atoms with van der Waals surface area (Å²) in [5, 5.41) is 21.9. The highest BCUT2D eigenvalue weighted by molar-refractivity contribution is 5.86. The monoisotopic (exact) mass is 241 g/mol. The third-order valence-electron chi connectivity index (χ3n) is 2.73. The summed E-state index contributed by atoms with van der Waals surface area (Å²) in [6.07, 6.45) is 1.65. The predicted molar refractivity (Wildman–Crippen MR) is 71.3 cm³/mol. The van der Waals surface area contributed by atoms with Crippen LogP contribution in [0.25, 0.3) is 10.9 Å². The molecule has 0 unspecified atom stereocenters. The van der Waals surface area contributed by atoms with Gasteiger partial charge in [0.2, 0.25) is 0 Å². The number of rotatable bonds is 5. The third kappa shape index (κ3) is 2.76. The van der Waals surface area contributed by atoms with Gasteiger partial charge in [0, 0.05) is 18.5 Å². The lowest BCUT2D eigenvalue weighted by Gasteiger charge is -2.07. The van der Waals surface area contributed by atoms with E-state index < -0.39 is 0 Å². The van der Waals surface area contributed by atoms with Crippen LogP contribution in [0.4, 0.5) is 5.82 Å². The van der Waals surface area contributed by atoms with Crippen LogP contribution in [0.15, 0.2) is 30.3 Å². The van der Waals surface area contributed by atoms with Crippen molar-refractivity contribution in [2.24, 2.45) is 0 Å². The normalized spacial score (nSPS) is 10.2. The summed E-state index contributed by atoms with van der Waals surface area (Å²) >= 11 is 0. The first kappa shape index (κ1) is 12.3. The molecule has 0 aliphatic rings. The molecule has 0 radical (unpaired) electrons. The molecule has 0 saturated heterocycles. The minimum absolute atomic E-state index is 0.205. The summed E-state index contributed by atoms with van der Waals surface area (Å²) in [7, 11) is 0. The summed E-state index contributed by atoms with van der Waals surface area (Å²) in [5.41, 5.74) is 1.45. The van der Waals surface area contributed by atoms with E-state index in [1.807, 2.05) is 24.3 Å². The lowest BCUT2D eigenvalue weighted by molar-refractivity contribution is 0.286. The summed E-state index contributed by atoms with van der Waals surface area (Å²) in [5.74, 6) is 0.711. The van der Waals surface area contributed by atoms with E-state index >= 15 is 0 Å². The molecule has 0 aliphatic carbocycles. The van der Waals surface area contributed by atoms with Crippen molar-refractivity contribution in [1.82, 2.24) is 4.98 Å². The molecule has 2 rings (SSSR count). The number of hydrogen-bond acceptors (Lipinski definition) is 4. The predicted octanol–water partition coefficient (Wildman–Crippen LogP) is 2.29. The van der Waals surface area contributed by atoms with E-state index in [1.165, 1.54) is 0 Å². The van der Waals surface area contributed by atoms with Gasteiger partial charge in [0.25, 0.3) is 0 Å². The molecule has 0 aliphatic heterocycles. The van der Waals surface area contributed by atoms with E-state index in [-0.39, 0.29) is 6.61 Å². The highest BCUT2D eigenvalue weighted by Crippen LogP contribution is 2.19. The van der Waals surface area contributed by atoms with Crippen molar-refractivity contribution >= 4 is 16.7 Å². The molecule has 0 amide bonds. The van der Waals surface area contributed by atoms with Gasteiger partial charge in [-0.05, 0) is 25.0 Å². The maximum atomic E-state index is 9.13. The summed E-state index contributed by atoms with van der Waals surface area (Å²) in [4.78, 5) is 4.46. The van der Waals surface area contributed by atoms with Crippen molar-refractivity contribution in [2.75, 3.05) is 18.5 Å². The second-order valence-electron chi connectivity index (χ2n) is 4.04. The van der Waals surface area contributed by atoms with Gasteiger partial charge in [0.15, 0.2) is 0 Å². The number of pyridine rings is 1. The molecule has 2 N–H and O–H groups in total. The Hall–Kier alpha value is -2.12. The van der Waals surface area contributed by atoms with E-state index in [1.54, 1.807) is 6.07 Å². The number of nitrogens with one attached hydrogen (secondary N) is 1. The first-order valence-corrected chi connectivity index (χ1v) is 6.00. The number of anilines is 1. The highest BCUT2D eigenvalue weighted by Gasteiger charge is 2.04. The molecule has 2 aromatic rings. The zero-order valence-corrected chi connectivity index (χ0v) is 10.1. The molecule has 1 heterocycles. The van der Waals surface area contributed by atoms with Crippen LogP contribution < -0.4 is 5.32 Å². The van der Waals surface area contributed by atoms with Crippen molar-refractivity contribution in [2.45, 2.75) is 12.8 Å². The Balaban J connectivity index is 2.22. The molecule has 4 heteroatoms. The molecular weight excluding hydrogens is 226 g/mol.